The Labute approximate surface area is 157 Å². The van der Waals surface area contributed by atoms with Crippen molar-refractivity contribution < 1.29 is 13.9 Å². The van der Waals surface area contributed by atoms with Crippen LogP contribution in [0.4, 0.5) is 0 Å². The Hall–Kier alpha value is -2.60. The van der Waals surface area contributed by atoms with Crippen LogP contribution in [0, 0.1) is 6.92 Å². The average molecular weight is 370 g/mol. The van der Waals surface area contributed by atoms with Crippen LogP contribution in [-0.2, 0) is 13.2 Å². The summed E-state index contributed by atoms with van der Waals surface area (Å²) < 4.78 is 11.0. The van der Waals surface area contributed by atoms with E-state index in [1.807, 2.05) is 43.5 Å². The second-order valence-corrected chi connectivity index (χ2v) is 6.98. The van der Waals surface area contributed by atoms with Gasteiger partial charge in [0.15, 0.2) is 5.76 Å². The van der Waals surface area contributed by atoms with Gasteiger partial charge in [0.05, 0.1) is 18.5 Å². The molecule has 0 fully saturated rings. The van der Waals surface area contributed by atoms with Crippen LogP contribution in [0.15, 0.2) is 52.5 Å². The van der Waals surface area contributed by atoms with E-state index in [9.17, 15) is 4.79 Å². The first-order valence-electron chi connectivity index (χ1n) is 8.61. The van der Waals surface area contributed by atoms with E-state index in [2.05, 4.69) is 4.98 Å². The zero-order valence-corrected chi connectivity index (χ0v) is 15.8. The Balaban J connectivity index is 1.61. The van der Waals surface area contributed by atoms with Crippen LogP contribution in [0.25, 0.3) is 0 Å². The normalized spacial score (nSPS) is 10.7. The fourth-order valence-electron chi connectivity index (χ4n) is 2.61. The molecule has 0 aliphatic heterocycles. The molecule has 0 atom stereocenters. The lowest BCUT2D eigenvalue weighted by molar-refractivity contribution is 0.0709. The number of carbonyl (C=O) groups excluding carboxylic acids is 1. The van der Waals surface area contributed by atoms with Gasteiger partial charge in [-0.2, -0.15) is 0 Å². The minimum Gasteiger partial charge on any atom is -0.486 e. The summed E-state index contributed by atoms with van der Waals surface area (Å²) in [6, 6.07) is 11.4. The van der Waals surface area contributed by atoms with Crippen molar-refractivity contribution in [3.63, 3.8) is 0 Å². The maximum absolute atomic E-state index is 12.5. The van der Waals surface area contributed by atoms with Crippen LogP contribution >= 0.6 is 11.3 Å². The number of hydrogen-bond donors (Lipinski definition) is 0. The van der Waals surface area contributed by atoms with Crippen LogP contribution in [-0.4, -0.2) is 22.3 Å². The topological polar surface area (TPSA) is 55.6 Å². The van der Waals surface area contributed by atoms with E-state index in [0.717, 1.165) is 28.4 Å². The average Bonchev–Trinajstić information content (AvgIpc) is 3.31. The van der Waals surface area contributed by atoms with E-state index in [1.54, 1.807) is 28.4 Å². The summed E-state index contributed by atoms with van der Waals surface area (Å²) in [7, 11) is 0. The SMILES string of the molecule is CCCN(Cc1csc(COc2cccc(C)c2)n1)C(=O)c1ccco1. The molecule has 1 aromatic carbocycles. The van der Waals surface area contributed by atoms with Gasteiger partial charge in [-0.15, -0.1) is 11.3 Å². The zero-order valence-electron chi connectivity index (χ0n) is 15.0. The molecule has 136 valence electrons. The third-order valence-corrected chi connectivity index (χ3v) is 4.69. The van der Waals surface area contributed by atoms with Gasteiger partial charge < -0.3 is 14.1 Å². The summed E-state index contributed by atoms with van der Waals surface area (Å²) in [5.41, 5.74) is 2.03. The van der Waals surface area contributed by atoms with Gasteiger partial charge in [0.25, 0.3) is 5.91 Å². The van der Waals surface area contributed by atoms with Crippen molar-refractivity contribution in [1.29, 1.82) is 0 Å². The molecule has 0 unspecified atom stereocenters. The maximum Gasteiger partial charge on any atom is 0.289 e. The summed E-state index contributed by atoms with van der Waals surface area (Å²) in [6.07, 6.45) is 2.39. The first-order chi connectivity index (χ1) is 12.7. The number of nitrogens with zero attached hydrogens (tertiary/aromatic N) is 2. The van der Waals surface area contributed by atoms with Gasteiger partial charge in [-0.05, 0) is 43.2 Å². The van der Waals surface area contributed by atoms with E-state index in [-0.39, 0.29) is 5.91 Å². The predicted molar refractivity (Wildman–Crippen MR) is 101 cm³/mol. The molecule has 1 amide bonds. The molecule has 0 N–H and O–H groups in total. The first kappa shape index (κ1) is 18.2. The molecule has 0 saturated heterocycles. The molecule has 2 aromatic heterocycles. The van der Waals surface area contributed by atoms with Crippen LogP contribution in [0.5, 0.6) is 5.75 Å². The van der Waals surface area contributed by atoms with Crippen LogP contribution in [0.2, 0.25) is 0 Å². The molecule has 0 spiro atoms. The van der Waals surface area contributed by atoms with Crippen molar-refractivity contribution in [2.75, 3.05) is 6.54 Å². The summed E-state index contributed by atoms with van der Waals surface area (Å²) in [4.78, 5) is 18.9. The molecule has 2 heterocycles. The van der Waals surface area contributed by atoms with E-state index >= 15 is 0 Å². The summed E-state index contributed by atoms with van der Waals surface area (Å²) in [6.45, 7) is 5.63. The molecule has 0 aliphatic carbocycles. The van der Waals surface area contributed by atoms with Gasteiger partial charge >= 0.3 is 0 Å². The molecule has 3 rings (SSSR count). The van der Waals surface area contributed by atoms with E-state index < -0.39 is 0 Å². The van der Waals surface area contributed by atoms with Crippen molar-refractivity contribution in [2.45, 2.75) is 33.4 Å². The number of carbonyl (C=O) groups is 1. The molecule has 0 bridgehead atoms. The quantitative estimate of drug-likeness (QED) is 0.578. The minimum absolute atomic E-state index is 0.109. The Kier molecular flexibility index (Phi) is 6.07. The summed E-state index contributed by atoms with van der Waals surface area (Å²) in [5, 5.41) is 2.87. The summed E-state index contributed by atoms with van der Waals surface area (Å²) in [5.74, 6) is 1.08. The molecule has 5 nitrogen and oxygen atoms in total. The second kappa shape index (κ2) is 8.67. The number of amides is 1. The summed E-state index contributed by atoms with van der Waals surface area (Å²) >= 11 is 1.54. The third-order valence-electron chi connectivity index (χ3n) is 3.82. The smallest absolute Gasteiger partial charge is 0.289 e. The minimum atomic E-state index is -0.109. The molecule has 3 aromatic rings. The largest absolute Gasteiger partial charge is 0.486 e. The lowest BCUT2D eigenvalue weighted by atomic mass is 10.2. The van der Waals surface area contributed by atoms with E-state index in [0.29, 0.717) is 25.5 Å². The number of furan rings is 1. The lowest BCUT2D eigenvalue weighted by Gasteiger charge is -2.19. The monoisotopic (exact) mass is 370 g/mol. The maximum atomic E-state index is 12.5. The van der Waals surface area contributed by atoms with Gasteiger partial charge in [0, 0.05) is 11.9 Å². The predicted octanol–water partition coefficient (Wildman–Crippen LogP) is 4.68. The van der Waals surface area contributed by atoms with E-state index in [1.165, 1.54) is 6.26 Å². The first-order valence-corrected chi connectivity index (χ1v) is 9.49. The van der Waals surface area contributed by atoms with Gasteiger partial charge in [0.2, 0.25) is 0 Å². The van der Waals surface area contributed by atoms with Crippen molar-refractivity contribution in [1.82, 2.24) is 9.88 Å². The zero-order chi connectivity index (χ0) is 18.4. The molecular weight excluding hydrogens is 348 g/mol. The van der Waals surface area contributed by atoms with Crippen molar-refractivity contribution in [2.24, 2.45) is 0 Å². The highest BCUT2D eigenvalue weighted by Crippen LogP contribution is 2.18. The number of benzene rings is 1. The number of thiazole rings is 1. The van der Waals surface area contributed by atoms with E-state index in [4.69, 9.17) is 9.15 Å². The fraction of sp³-hybridized carbons (Fsp3) is 0.300. The second-order valence-electron chi connectivity index (χ2n) is 6.04. The van der Waals surface area contributed by atoms with Gasteiger partial charge in [0.1, 0.15) is 17.4 Å². The molecule has 0 aliphatic rings. The Morgan fingerprint density at radius 1 is 1.31 bits per heavy atom. The number of aromatic nitrogens is 1. The highest BCUT2D eigenvalue weighted by atomic mass is 32.1. The Morgan fingerprint density at radius 3 is 2.92 bits per heavy atom. The van der Waals surface area contributed by atoms with Crippen molar-refractivity contribution >= 4 is 17.2 Å². The molecule has 0 saturated carbocycles. The Bertz CT molecular complexity index is 842. The van der Waals surface area contributed by atoms with Gasteiger partial charge in [-0.3, -0.25) is 4.79 Å². The molecule has 6 heteroatoms. The lowest BCUT2D eigenvalue weighted by Crippen LogP contribution is -2.31. The fourth-order valence-corrected chi connectivity index (χ4v) is 3.31. The van der Waals surface area contributed by atoms with Crippen LogP contribution in [0.3, 0.4) is 0 Å². The molecule has 0 radical (unpaired) electrons. The number of aryl methyl sites for hydroxylation is 1. The number of rotatable bonds is 8. The van der Waals surface area contributed by atoms with Gasteiger partial charge in [-0.1, -0.05) is 19.1 Å². The number of hydrogen-bond acceptors (Lipinski definition) is 5. The van der Waals surface area contributed by atoms with Gasteiger partial charge in [-0.25, -0.2) is 4.98 Å². The molecular formula is C20H22N2O3S. The highest BCUT2D eigenvalue weighted by Gasteiger charge is 2.19. The highest BCUT2D eigenvalue weighted by molar-refractivity contribution is 7.09. The van der Waals surface area contributed by atoms with Crippen molar-refractivity contribution in [3.8, 4) is 5.75 Å². The Morgan fingerprint density at radius 2 is 2.19 bits per heavy atom. The third kappa shape index (κ3) is 4.73. The standard InChI is InChI=1S/C20H22N2O3S/c1-3-9-22(20(23)18-8-5-10-24-18)12-16-14-26-19(21-16)13-25-17-7-4-6-15(2)11-17/h4-8,10-11,14H,3,9,12-13H2,1-2H3. The van der Waals surface area contributed by atoms with Crippen LogP contribution < -0.4 is 4.74 Å². The number of ether oxygens (including phenoxy) is 1. The molecule has 26 heavy (non-hydrogen) atoms. The van der Waals surface area contributed by atoms with Crippen molar-refractivity contribution in [3.05, 3.63) is 70.1 Å². The van der Waals surface area contributed by atoms with Crippen LogP contribution in [0.1, 0.15) is 40.2 Å².